The molecular weight excluding hydrogens is 220 g/mol. The van der Waals surface area contributed by atoms with Crippen molar-refractivity contribution in [3.05, 3.63) is 35.9 Å². The first-order valence-electron chi connectivity index (χ1n) is 5.58. The number of carboxylic acid groups (broad SMARTS) is 1. The van der Waals surface area contributed by atoms with Gasteiger partial charge >= 0.3 is 5.97 Å². The Morgan fingerprint density at radius 1 is 1.12 bits per heavy atom. The summed E-state index contributed by atoms with van der Waals surface area (Å²) in [6.45, 7) is 0.849. The Balaban J connectivity index is 2.43. The van der Waals surface area contributed by atoms with Crippen LogP contribution in [0.4, 0.5) is 0 Å². The van der Waals surface area contributed by atoms with Crippen LogP contribution in [0.15, 0.2) is 30.3 Å². The van der Waals surface area contributed by atoms with Gasteiger partial charge in [-0.25, -0.2) is 4.79 Å². The van der Waals surface area contributed by atoms with Crippen molar-refractivity contribution in [2.24, 2.45) is 0 Å². The first kappa shape index (κ1) is 11.8. The summed E-state index contributed by atoms with van der Waals surface area (Å²) in [7, 11) is 0. The topological polar surface area (TPSA) is 63.6 Å². The van der Waals surface area contributed by atoms with Gasteiger partial charge in [0, 0.05) is 13.2 Å². The molecule has 0 radical (unpaired) electrons. The molecule has 1 saturated heterocycles. The van der Waals surface area contributed by atoms with E-state index >= 15 is 0 Å². The Morgan fingerprint density at radius 2 is 1.71 bits per heavy atom. The Bertz CT molecular complexity index is 418. The molecule has 0 saturated carbocycles. The minimum Gasteiger partial charge on any atom is -0.475 e. The highest BCUT2D eigenvalue weighted by Gasteiger charge is 2.44. The zero-order valence-electron chi connectivity index (χ0n) is 9.39. The molecule has 0 bridgehead atoms. The fourth-order valence-corrected chi connectivity index (χ4v) is 2.33. The highest BCUT2D eigenvalue weighted by molar-refractivity contribution is 6.36. The second kappa shape index (κ2) is 4.67. The van der Waals surface area contributed by atoms with E-state index in [0.29, 0.717) is 26.1 Å². The van der Waals surface area contributed by atoms with Gasteiger partial charge in [0.1, 0.15) is 0 Å². The van der Waals surface area contributed by atoms with Crippen LogP contribution in [0.2, 0.25) is 0 Å². The highest BCUT2D eigenvalue weighted by Crippen LogP contribution is 2.35. The maximum Gasteiger partial charge on any atom is 0.373 e. The molecule has 0 amide bonds. The molecular formula is C13H14O4. The van der Waals surface area contributed by atoms with Gasteiger partial charge in [0.2, 0.25) is 5.78 Å². The van der Waals surface area contributed by atoms with E-state index < -0.39 is 17.2 Å². The molecule has 90 valence electrons. The van der Waals surface area contributed by atoms with Crippen molar-refractivity contribution in [1.82, 2.24) is 0 Å². The van der Waals surface area contributed by atoms with Crippen LogP contribution in [0.5, 0.6) is 0 Å². The summed E-state index contributed by atoms with van der Waals surface area (Å²) in [5, 5.41) is 8.97. The second-order valence-electron chi connectivity index (χ2n) is 4.19. The number of aliphatic carboxylic acids is 1. The monoisotopic (exact) mass is 234 g/mol. The average Bonchev–Trinajstić information content (AvgIpc) is 2.39. The molecule has 0 atom stereocenters. The van der Waals surface area contributed by atoms with Crippen LogP contribution >= 0.6 is 0 Å². The SMILES string of the molecule is O=C(O)C(=O)C1(c2ccccc2)CCOCC1. The van der Waals surface area contributed by atoms with Crippen LogP contribution in [-0.2, 0) is 19.7 Å². The number of ether oxygens (including phenoxy) is 1. The second-order valence-corrected chi connectivity index (χ2v) is 4.19. The van der Waals surface area contributed by atoms with E-state index in [0.717, 1.165) is 5.56 Å². The lowest BCUT2D eigenvalue weighted by Crippen LogP contribution is -2.44. The lowest BCUT2D eigenvalue weighted by Gasteiger charge is -2.34. The van der Waals surface area contributed by atoms with Crippen molar-refractivity contribution in [1.29, 1.82) is 0 Å². The quantitative estimate of drug-likeness (QED) is 0.803. The van der Waals surface area contributed by atoms with Gasteiger partial charge in [-0.1, -0.05) is 30.3 Å². The van der Waals surface area contributed by atoms with E-state index in [9.17, 15) is 9.59 Å². The average molecular weight is 234 g/mol. The predicted octanol–water partition coefficient (Wildman–Crippen LogP) is 1.39. The van der Waals surface area contributed by atoms with Crippen molar-refractivity contribution >= 4 is 11.8 Å². The molecule has 1 aliphatic rings. The number of benzene rings is 1. The number of rotatable bonds is 3. The molecule has 0 unspecified atom stereocenters. The van der Waals surface area contributed by atoms with Crippen LogP contribution in [0.1, 0.15) is 18.4 Å². The maximum absolute atomic E-state index is 12.0. The fraction of sp³-hybridized carbons (Fsp3) is 0.385. The van der Waals surface area contributed by atoms with Gasteiger partial charge in [-0.3, -0.25) is 4.79 Å². The van der Waals surface area contributed by atoms with Gasteiger partial charge in [0.25, 0.3) is 0 Å². The van der Waals surface area contributed by atoms with Crippen LogP contribution < -0.4 is 0 Å². The van der Waals surface area contributed by atoms with Gasteiger partial charge in [-0.15, -0.1) is 0 Å². The van der Waals surface area contributed by atoms with E-state index in [-0.39, 0.29) is 0 Å². The van der Waals surface area contributed by atoms with Gasteiger partial charge in [0.05, 0.1) is 5.41 Å². The van der Waals surface area contributed by atoms with E-state index in [1.54, 1.807) is 0 Å². The number of carbonyl (C=O) groups excluding carboxylic acids is 1. The van der Waals surface area contributed by atoms with Crippen LogP contribution in [0.3, 0.4) is 0 Å². The Labute approximate surface area is 99.2 Å². The summed E-state index contributed by atoms with van der Waals surface area (Å²) < 4.78 is 5.23. The summed E-state index contributed by atoms with van der Waals surface area (Å²) in [6, 6.07) is 9.11. The first-order chi connectivity index (χ1) is 8.17. The first-order valence-corrected chi connectivity index (χ1v) is 5.58. The van der Waals surface area contributed by atoms with Crippen LogP contribution in [0, 0.1) is 0 Å². The molecule has 17 heavy (non-hydrogen) atoms. The summed E-state index contributed by atoms with van der Waals surface area (Å²) in [5.41, 5.74) is -0.138. The van der Waals surface area contributed by atoms with Crippen molar-refractivity contribution < 1.29 is 19.4 Å². The van der Waals surface area contributed by atoms with Gasteiger partial charge in [0.15, 0.2) is 0 Å². The highest BCUT2D eigenvalue weighted by atomic mass is 16.5. The molecule has 1 aromatic rings. The van der Waals surface area contributed by atoms with E-state index in [1.165, 1.54) is 0 Å². The third-order valence-corrected chi connectivity index (χ3v) is 3.30. The third-order valence-electron chi connectivity index (χ3n) is 3.30. The predicted molar refractivity (Wildman–Crippen MR) is 60.8 cm³/mol. The Kier molecular flexibility index (Phi) is 3.24. The number of carbonyl (C=O) groups is 2. The molecule has 1 aliphatic heterocycles. The van der Waals surface area contributed by atoms with Crippen molar-refractivity contribution in [2.75, 3.05) is 13.2 Å². The van der Waals surface area contributed by atoms with E-state index in [2.05, 4.69) is 0 Å². The van der Waals surface area contributed by atoms with Crippen molar-refractivity contribution in [3.63, 3.8) is 0 Å². The van der Waals surface area contributed by atoms with Gasteiger partial charge < -0.3 is 9.84 Å². The molecule has 4 nitrogen and oxygen atoms in total. The molecule has 0 aromatic heterocycles. The smallest absolute Gasteiger partial charge is 0.373 e. The molecule has 4 heteroatoms. The van der Waals surface area contributed by atoms with Crippen molar-refractivity contribution in [3.8, 4) is 0 Å². The molecule has 2 rings (SSSR count). The Morgan fingerprint density at radius 3 is 2.24 bits per heavy atom. The van der Waals surface area contributed by atoms with Crippen LogP contribution in [-0.4, -0.2) is 30.1 Å². The minimum atomic E-state index is -1.37. The lowest BCUT2D eigenvalue weighted by molar-refractivity contribution is -0.153. The molecule has 1 heterocycles. The molecule has 1 fully saturated rings. The summed E-state index contributed by atoms with van der Waals surface area (Å²) in [4.78, 5) is 23.0. The fourth-order valence-electron chi connectivity index (χ4n) is 2.33. The van der Waals surface area contributed by atoms with E-state index in [4.69, 9.17) is 9.84 Å². The minimum absolute atomic E-state index is 0.425. The Hall–Kier alpha value is -1.68. The van der Waals surface area contributed by atoms with E-state index in [1.807, 2.05) is 30.3 Å². The molecule has 1 aromatic carbocycles. The van der Waals surface area contributed by atoms with Crippen molar-refractivity contribution in [2.45, 2.75) is 18.3 Å². The largest absolute Gasteiger partial charge is 0.475 e. The van der Waals surface area contributed by atoms with Crippen LogP contribution in [0.25, 0.3) is 0 Å². The zero-order valence-corrected chi connectivity index (χ0v) is 9.39. The van der Waals surface area contributed by atoms with Gasteiger partial charge in [-0.2, -0.15) is 0 Å². The third kappa shape index (κ3) is 2.08. The number of carboxylic acids is 1. The standard InChI is InChI=1S/C13H14O4/c14-11(12(15)16)13(6-8-17-9-7-13)10-4-2-1-3-5-10/h1-5H,6-9H2,(H,15,16). The molecule has 0 spiro atoms. The maximum atomic E-state index is 12.0. The summed E-state index contributed by atoms with van der Waals surface area (Å²) >= 11 is 0. The normalized spacial score (nSPS) is 18.6. The molecule has 0 aliphatic carbocycles. The number of Topliss-reactive ketones (excluding diaryl/α,β-unsaturated/α-hetero) is 1. The number of hydrogen-bond acceptors (Lipinski definition) is 3. The van der Waals surface area contributed by atoms with Gasteiger partial charge in [-0.05, 0) is 18.4 Å². The number of ketones is 1. The molecule has 1 N–H and O–H groups in total. The zero-order chi connectivity index (χ0) is 12.3. The number of hydrogen-bond donors (Lipinski definition) is 1. The summed E-state index contributed by atoms with van der Waals surface area (Å²) in [5.74, 6) is -2.09. The lowest BCUT2D eigenvalue weighted by atomic mass is 9.71. The summed E-state index contributed by atoms with van der Waals surface area (Å²) in [6.07, 6.45) is 0.865.